The van der Waals surface area contributed by atoms with E-state index in [-0.39, 0.29) is 29.5 Å². The second-order valence-electron chi connectivity index (χ2n) is 11.9. The Morgan fingerprint density at radius 1 is 1.05 bits per heavy atom. The highest BCUT2D eigenvalue weighted by atomic mass is 19.4. The van der Waals surface area contributed by atoms with Crippen molar-refractivity contribution in [3.05, 3.63) is 41.5 Å². The van der Waals surface area contributed by atoms with E-state index in [0.717, 1.165) is 12.1 Å². The van der Waals surface area contributed by atoms with Crippen LogP contribution in [0.2, 0.25) is 0 Å². The van der Waals surface area contributed by atoms with Crippen LogP contribution in [0.4, 0.5) is 18.9 Å². The highest BCUT2D eigenvalue weighted by Gasteiger charge is 2.69. The third-order valence-electron chi connectivity index (χ3n) is 8.92. The van der Waals surface area contributed by atoms with Crippen LogP contribution in [0.3, 0.4) is 0 Å². The SMILES string of the molecule is CN(C)c1cc(-c2ccc(OC(F)(F)F)cc2)c(O)c2c1C[C@H]1C[C@H]3[C@H](N(C)C)C(=O)C(C(N)=O)C(=O)[C@@]3(O)C(=O)C1C2=O. The summed E-state index contributed by atoms with van der Waals surface area (Å²) < 4.78 is 41.9. The van der Waals surface area contributed by atoms with Gasteiger partial charge in [-0.1, -0.05) is 12.1 Å². The number of carbonyl (C=O) groups is 5. The van der Waals surface area contributed by atoms with Crippen LogP contribution >= 0.6 is 0 Å². The lowest BCUT2D eigenvalue weighted by Crippen LogP contribution is -2.74. The number of hydrogen-bond acceptors (Lipinski definition) is 10. The number of nitrogens with two attached hydrogens (primary N) is 1. The molecule has 0 radical (unpaired) electrons. The first-order valence-corrected chi connectivity index (χ1v) is 13.7. The number of Topliss-reactive ketones (excluding diaryl/α,β-unsaturated/α-hetero) is 4. The first kappa shape index (κ1) is 31.1. The van der Waals surface area contributed by atoms with Gasteiger partial charge in [0.2, 0.25) is 5.91 Å². The number of alkyl halides is 3. The summed E-state index contributed by atoms with van der Waals surface area (Å²) in [6.45, 7) is 0. The number of primary amides is 1. The first-order valence-electron chi connectivity index (χ1n) is 13.7. The lowest BCUT2D eigenvalue weighted by atomic mass is 9.52. The minimum atomic E-state index is -4.91. The largest absolute Gasteiger partial charge is 0.573 e. The predicted molar refractivity (Wildman–Crippen MR) is 148 cm³/mol. The molecule has 0 saturated heterocycles. The normalized spacial score (nSPS) is 28.3. The number of fused-ring (bicyclic) bond motifs is 3. The molecule has 11 nitrogen and oxygen atoms in total. The van der Waals surface area contributed by atoms with Crippen molar-refractivity contribution in [1.82, 2.24) is 4.90 Å². The number of ketones is 4. The quantitative estimate of drug-likeness (QED) is 0.419. The predicted octanol–water partition coefficient (Wildman–Crippen LogP) is 1.50. The van der Waals surface area contributed by atoms with Gasteiger partial charge in [0.1, 0.15) is 11.5 Å². The van der Waals surface area contributed by atoms with Crippen LogP contribution in [0.15, 0.2) is 30.3 Å². The molecule has 1 amide bonds. The molecule has 2 aromatic carbocycles. The average Bonchev–Trinajstić information content (AvgIpc) is 2.90. The molecule has 3 aliphatic carbocycles. The molecule has 6 atom stereocenters. The Kier molecular flexibility index (Phi) is 7.36. The Balaban J connectivity index is 1.63. The van der Waals surface area contributed by atoms with E-state index < -0.39 is 82.2 Å². The number of amides is 1. The first-order chi connectivity index (χ1) is 20.4. The molecule has 234 valence electrons. The summed E-state index contributed by atoms with van der Waals surface area (Å²) in [5.74, 6) is -12.3. The standard InChI is InChI=1S/C30H30F3N3O8/c1-35(2)18-11-15(12-5-7-14(8-6-12)44-30(31,32)33)23(37)20-16(18)9-13-10-17-22(36(3)4)25(39)21(28(34)42)27(41)29(17,43)26(40)19(13)24(20)38/h5-8,11,13,17,19,21-22,37,43H,9-10H2,1-4H3,(H2,34,42)/t13-,17-,19?,21?,22-,29-/m0/s1. The maximum absolute atomic E-state index is 14.1. The van der Waals surface area contributed by atoms with E-state index in [1.807, 2.05) is 0 Å². The number of anilines is 1. The van der Waals surface area contributed by atoms with Crippen molar-refractivity contribution < 1.29 is 52.1 Å². The fraction of sp³-hybridized carbons (Fsp3) is 0.433. The zero-order valence-electron chi connectivity index (χ0n) is 24.1. The summed E-state index contributed by atoms with van der Waals surface area (Å²) in [6.07, 6.45) is -4.95. The smallest absolute Gasteiger partial charge is 0.507 e. The van der Waals surface area contributed by atoms with Crippen molar-refractivity contribution in [2.24, 2.45) is 29.4 Å². The lowest BCUT2D eigenvalue weighted by Gasteiger charge is -2.52. The molecular weight excluding hydrogens is 587 g/mol. The number of aromatic hydroxyl groups is 1. The van der Waals surface area contributed by atoms with Gasteiger partial charge in [0.15, 0.2) is 34.7 Å². The number of halogens is 3. The molecule has 44 heavy (non-hydrogen) atoms. The van der Waals surface area contributed by atoms with E-state index in [1.165, 1.54) is 31.1 Å². The van der Waals surface area contributed by atoms with Gasteiger partial charge in [0, 0.05) is 31.3 Å². The van der Waals surface area contributed by atoms with E-state index in [1.54, 1.807) is 25.1 Å². The number of nitrogens with zero attached hydrogens (tertiary/aromatic N) is 2. The molecule has 0 aromatic heterocycles. The van der Waals surface area contributed by atoms with Crippen LogP contribution in [0, 0.1) is 23.7 Å². The highest BCUT2D eigenvalue weighted by Crippen LogP contribution is 2.53. The van der Waals surface area contributed by atoms with Crippen molar-refractivity contribution in [2.45, 2.75) is 30.8 Å². The zero-order chi connectivity index (χ0) is 32.6. The second kappa shape index (κ2) is 10.4. The molecule has 0 aliphatic heterocycles. The van der Waals surface area contributed by atoms with E-state index in [9.17, 15) is 47.4 Å². The minimum Gasteiger partial charge on any atom is -0.507 e. The van der Waals surface area contributed by atoms with Gasteiger partial charge in [-0.25, -0.2) is 0 Å². The number of hydrogen-bond donors (Lipinski definition) is 3. The minimum absolute atomic E-state index is 0.0611. The molecule has 0 heterocycles. The molecule has 14 heteroatoms. The van der Waals surface area contributed by atoms with Crippen LogP contribution in [-0.2, 0) is 25.6 Å². The van der Waals surface area contributed by atoms with Gasteiger partial charge in [0.05, 0.1) is 17.5 Å². The third-order valence-corrected chi connectivity index (χ3v) is 8.92. The summed E-state index contributed by atoms with van der Waals surface area (Å²) in [5, 5.41) is 23.1. The summed E-state index contributed by atoms with van der Waals surface area (Å²) in [4.78, 5) is 70.1. The average molecular weight is 618 g/mol. The maximum Gasteiger partial charge on any atom is 0.573 e. The van der Waals surface area contributed by atoms with Crippen molar-refractivity contribution in [2.75, 3.05) is 33.1 Å². The molecule has 0 bridgehead atoms. The van der Waals surface area contributed by atoms with Crippen LogP contribution in [0.25, 0.3) is 11.1 Å². The molecule has 4 N–H and O–H groups in total. The van der Waals surface area contributed by atoms with Crippen molar-refractivity contribution >= 4 is 34.7 Å². The lowest BCUT2D eigenvalue weighted by molar-refractivity contribution is -0.274. The third kappa shape index (κ3) is 4.63. The maximum atomic E-state index is 14.1. The van der Waals surface area contributed by atoms with Crippen molar-refractivity contribution in [3.63, 3.8) is 0 Å². The zero-order valence-corrected chi connectivity index (χ0v) is 24.1. The number of phenols is 1. The van der Waals surface area contributed by atoms with E-state index >= 15 is 0 Å². The van der Waals surface area contributed by atoms with Crippen LogP contribution < -0.4 is 15.4 Å². The highest BCUT2D eigenvalue weighted by molar-refractivity contribution is 6.32. The fourth-order valence-electron chi connectivity index (χ4n) is 7.11. The number of carbonyl (C=O) groups excluding carboxylic acids is 5. The Bertz CT molecular complexity index is 1600. The van der Waals surface area contributed by atoms with Crippen LogP contribution in [-0.4, -0.2) is 90.3 Å². The van der Waals surface area contributed by atoms with E-state index in [2.05, 4.69) is 4.74 Å². The van der Waals surface area contributed by atoms with Gasteiger partial charge in [0.25, 0.3) is 0 Å². The van der Waals surface area contributed by atoms with Gasteiger partial charge < -0.3 is 25.6 Å². The Morgan fingerprint density at radius 3 is 2.18 bits per heavy atom. The van der Waals surface area contributed by atoms with Crippen LogP contribution in [0.1, 0.15) is 22.3 Å². The summed E-state index contributed by atoms with van der Waals surface area (Å²) in [6, 6.07) is 4.96. The molecule has 2 unspecified atom stereocenters. The number of phenolic OH excluding ortho intramolecular Hbond substituents is 1. The Morgan fingerprint density at radius 2 is 1.66 bits per heavy atom. The number of benzene rings is 2. The second-order valence-corrected chi connectivity index (χ2v) is 11.9. The number of likely N-dealkylation sites (N-methyl/N-ethyl adjacent to an activating group) is 1. The van der Waals surface area contributed by atoms with Gasteiger partial charge in [-0.05, 0) is 62.2 Å². The van der Waals surface area contributed by atoms with E-state index in [4.69, 9.17) is 5.73 Å². The molecule has 2 aromatic rings. The van der Waals surface area contributed by atoms with Gasteiger partial charge in [-0.3, -0.25) is 28.9 Å². The molecule has 3 aliphatic rings. The molecule has 0 spiro atoms. The number of ether oxygens (including phenoxy) is 1. The van der Waals surface area contributed by atoms with Gasteiger partial charge in [-0.15, -0.1) is 13.2 Å². The van der Waals surface area contributed by atoms with Gasteiger partial charge in [-0.2, -0.15) is 0 Å². The van der Waals surface area contributed by atoms with Crippen molar-refractivity contribution in [3.8, 4) is 22.6 Å². The van der Waals surface area contributed by atoms with Crippen LogP contribution in [0.5, 0.6) is 11.5 Å². The van der Waals surface area contributed by atoms with Gasteiger partial charge >= 0.3 is 6.36 Å². The fourth-order valence-corrected chi connectivity index (χ4v) is 7.11. The Labute approximate surface area is 249 Å². The monoisotopic (exact) mass is 617 g/mol. The number of aliphatic hydroxyl groups is 1. The molecule has 2 saturated carbocycles. The van der Waals surface area contributed by atoms with Crippen molar-refractivity contribution in [1.29, 1.82) is 0 Å². The van der Waals surface area contributed by atoms with E-state index in [0.29, 0.717) is 11.3 Å². The summed E-state index contributed by atoms with van der Waals surface area (Å²) in [7, 11) is 6.37. The topological polar surface area (TPSA) is 168 Å². The molecular formula is C30H30F3N3O8. The Hall–Kier alpha value is -4.30. The summed E-state index contributed by atoms with van der Waals surface area (Å²) in [5.41, 5.74) is 3.46. The molecule has 5 rings (SSSR count). The summed E-state index contributed by atoms with van der Waals surface area (Å²) >= 11 is 0. The molecule has 2 fully saturated rings. The number of rotatable bonds is 5.